The standard InChI is InChI=1S/C13H22N2O/c1-4-6-14-9-13(16)12-8-15-7-5-11(12)10(2)3/h5,7-8,10,13-14,16H,4,6,9H2,1-3H3. The third-order valence-electron chi connectivity index (χ3n) is 2.63. The van der Waals surface area contributed by atoms with Crippen LogP contribution in [0.4, 0.5) is 0 Å². The van der Waals surface area contributed by atoms with Crippen molar-refractivity contribution in [3.05, 3.63) is 29.6 Å². The molecule has 1 atom stereocenters. The molecule has 1 aromatic heterocycles. The van der Waals surface area contributed by atoms with E-state index in [1.807, 2.05) is 6.07 Å². The molecule has 0 aliphatic carbocycles. The molecule has 0 aliphatic heterocycles. The molecule has 1 unspecified atom stereocenters. The zero-order chi connectivity index (χ0) is 12.0. The summed E-state index contributed by atoms with van der Waals surface area (Å²) in [5.74, 6) is 0.416. The summed E-state index contributed by atoms with van der Waals surface area (Å²) >= 11 is 0. The van der Waals surface area contributed by atoms with E-state index in [9.17, 15) is 5.11 Å². The Labute approximate surface area is 97.9 Å². The van der Waals surface area contributed by atoms with Crippen LogP contribution in [0.25, 0.3) is 0 Å². The lowest BCUT2D eigenvalue weighted by Gasteiger charge is -2.17. The largest absolute Gasteiger partial charge is 0.387 e. The van der Waals surface area contributed by atoms with E-state index in [4.69, 9.17) is 0 Å². The highest BCUT2D eigenvalue weighted by Gasteiger charge is 2.13. The van der Waals surface area contributed by atoms with Crippen LogP contribution in [0.1, 0.15) is 50.3 Å². The lowest BCUT2D eigenvalue weighted by Crippen LogP contribution is -2.23. The van der Waals surface area contributed by atoms with Crippen molar-refractivity contribution in [3.8, 4) is 0 Å². The van der Waals surface area contributed by atoms with Gasteiger partial charge in [-0.05, 0) is 30.5 Å². The highest BCUT2D eigenvalue weighted by molar-refractivity contribution is 5.28. The summed E-state index contributed by atoms with van der Waals surface area (Å²) in [6, 6.07) is 1.99. The molecule has 1 rings (SSSR count). The van der Waals surface area contributed by atoms with Crippen molar-refractivity contribution < 1.29 is 5.11 Å². The number of hydrogen-bond acceptors (Lipinski definition) is 3. The van der Waals surface area contributed by atoms with Crippen LogP contribution in [0, 0.1) is 0 Å². The Balaban J connectivity index is 2.70. The Morgan fingerprint density at radius 2 is 2.12 bits per heavy atom. The molecule has 0 amide bonds. The van der Waals surface area contributed by atoms with Gasteiger partial charge < -0.3 is 10.4 Å². The summed E-state index contributed by atoms with van der Waals surface area (Å²) in [6.07, 6.45) is 4.17. The molecule has 0 spiro atoms. The maximum absolute atomic E-state index is 10.1. The molecule has 90 valence electrons. The Morgan fingerprint density at radius 1 is 1.38 bits per heavy atom. The topological polar surface area (TPSA) is 45.1 Å². The fourth-order valence-electron chi connectivity index (χ4n) is 1.75. The van der Waals surface area contributed by atoms with Crippen molar-refractivity contribution in [3.63, 3.8) is 0 Å². The maximum Gasteiger partial charge on any atom is 0.0931 e. The van der Waals surface area contributed by atoms with E-state index in [-0.39, 0.29) is 0 Å². The van der Waals surface area contributed by atoms with E-state index < -0.39 is 6.10 Å². The SMILES string of the molecule is CCCNCC(O)c1cnccc1C(C)C. The van der Waals surface area contributed by atoms with Gasteiger partial charge in [-0.1, -0.05) is 20.8 Å². The molecule has 3 heteroatoms. The Morgan fingerprint density at radius 3 is 2.75 bits per heavy atom. The first kappa shape index (κ1) is 13.1. The van der Waals surface area contributed by atoms with Crippen molar-refractivity contribution >= 4 is 0 Å². The van der Waals surface area contributed by atoms with Gasteiger partial charge in [-0.25, -0.2) is 0 Å². The normalized spacial score (nSPS) is 13.1. The molecule has 2 N–H and O–H groups in total. The molecular weight excluding hydrogens is 200 g/mol. The zero-order valence-electron chi connectivity index (χ0n) is 10.4. The molecular formula is C13H22N2O. The Kier molecular flexibility index (Phi) is 5.43. The molecule has 16 heavy (non-hydrogen) atoms. The number of rotatable bonds is 6. The maximum atomic E-state index is 10.1. The van der Waals surface area contributed by atoms with Crippen LogP contribution < -0.4 is 5.32 Å². The second-order valence-electron chi connectivity index (χ2n) is 4.38. The minimum absolute atomic E-state index is 0.416. The van der Waals surface area contributed by atoms with Gasteiger partial charge in [-0.2, -0.15) is 0 Å². The van der Waals surface area contributed by atoms with Crippen LogP contribution in [0.5, 0.6) is 0 Å². The van der Waals surface area contributed by atoms with E-state index in [0.29, 0.717) is 12.5 Å². The van der Waals surface area contributed by atoms with Gasteiger partial charge in [0.2, 0.25) is 0 Å². The van der Waals surface area contributed by atoms with Gasteiger partial charge in [-0.3, -0.25) is 4.98 Å². The lowest BCUT2D eigenvalue weighted by atomic mass is 9.96. The quantitative estimate of drug-likeness (QED) is 0.726. The van der Waals surface area contributed by atoms with Crippen molar-refractivity contribution in [1.82, 2.24) is 10.3 Å². The van der Waals surface area contributed by atoms with Crippen LogP contribution >= 0.6 is 0 Å². The zero-order valence-corrected chi connectivity index (χ0v) is 10.4. The van der Waals surface area contributed by atoms with Crippen LogP contribution in [-0.4, -0.2) is 23.2 Å². The third kappa shape index (κ3) is 3.58. The predicted octanol–water partition coefficient (Wildman–Crippen LogP) is 2.24. The molecule has 3 nitrogen and oxygen atoms in total. The molecule has 1 aromatic rings. The average Bonchev–Trinajstić information content (AvgIpc) is 2.29. The first-order valence-corrected chi connectivity index (χ1v) is 5.99. The fourth-order valence-corrected chi connectivity index (χ4v) is 1.75. The molecule has 0 saturated carbocycles. The molecule has 0 saturated heterocycles. The second kappa shape index (κ2) is 6.61. The van der Waals surface area contributed by atoms with Gasteiger partial charge in [0.1, 0.15) is 0 Å². The first-order valence-electron chi connectivity index (χ1n) is 5.99. The van der Waals surface area contributed by atoms with Crippen LogP contribution in [0.2, 0.25) is 0 Å². The van der Waals surface area contributed by atoms with Crippen molar-refractivity contribution in [2.24, 2.45) is 0 Å². The average molecular weight is 222 g/mol. The summed E-state index contributed by atoms with van der Waals surface area (Å²) in [4.78, 5) is 4.09. The van der Waals surface area contributed by atoms with Crippen LogP contribution in [0.15, 0.2) is 18.5 Å². The highest BCUT2D eigenvalue weighted by Crippen LogP contribution is 2.23. The first-order chi connectivity index (χ1) is 7.66. The monoisotopic (exact) mass is 222 g/mol. The van der Waals surface area contributed by atoms with Crippen molar-refractivity contribution in [2.45, 2.75) is 39.2 Å². The number of pyridine rings is 1. The van der Waals surface area contributed by atoms with Gasteiger partial charge in [0.15, 0.2) is 0 Å². The molecule has 0 radical (unpaired) electrons. The van der Waals surface area contributed by atoms with Gasteiger partial charge in [0, 0.05) is 24.5 Å². The Hall–Kier alpha value is -0.930. The van der Waals surface area contributed by atoms with Gasteiger partial charge in [0.25, 0.3) is 0 Å². The summed E-state index contributed by atoms with van der Waals surface area (Å²) < 4.78 is 0. The van der Waals surface area contributed by atoms with Crippen LogP contribution in [-0.2, 0) is 0 Å². The van der Waals surface area contributed by atoms with Crippen LogP contribution in [0.3, 0.4) is 0 Å². The van der Waals surface area contributed by atoms with E-state index >= 15 is 0 Å². The number of aliphatic hydroxyl groups is 1. The lowest BCUT2D eigenvalue weighted by molar-refractivity contribution is 0.173. The smallest absolute Gasteiger partial charge is 0.0931 e. The van der Waals surface area contributed by atoms with E-state index in [2.05, 4.69) is 31.1 Å². The van der Waals surface area contributed by atoms with E-state index in [0.717, 1.165) is 18.5 Å². The molecule has 0 bridgehead atoms. The minimum Gasteiger partial charge on any atom is -0.387 e. The third-order valence-corrected chi connectivity index (χ3v) is 2.63. The molecule has 1 heterocycles. The number of nitrogens with one attached hydrogen (secondary N) is 1. The number of aromatic nitrogens is 1. The minimum atomic E-state index is -0.461. The van der Waals surface area contributed by atoms with E-state index in [1.54, 1.807) is 12.4 Å². The fraction of sp³-hybridized carbons (Fsp3) is 0.615. The molecule has 0 aromatic carbocycles. The summed E-state index contributed by atoms with van der Waals surface area (Å²) in [5, 5.41) is 13.3. The van der Waals surface area contributed by atoms with Gasteiger partial charge in [-0.15, -0.1) is 0 Å². The van der Waals surface area contributed by atoms with Gasteiger partial charge >= 0.3 is 0 Å². The molecule has 0 fully saturated rings. The Bertz CT molecular complexity index is 313. The van der Waals surface area contributed by atoms with Crippen molar-refractivity contribution in [2.75, 3.05) is 13.1 Å². The number of nitrogens with zero attached hydrogens (tertiary/aromatic N) is 1. The van der Waals surface area contributed by atoms with Crippen molar-refractivity contribution in [1.29, 1.82) is 0 Å². The number of hydrogen-bond donors (Lipinski definition) is 2. The molecule has 0 aliphatic rings. The highest BCUT2D eigenvalue weighted by atomic mass is 16.3. The summed E-state index contributed by atoms with van der Waals surface area (Å²) in [6.45, 7) is 7.91. The summed E-state index contributed by atoms with van der Waals surface area (Å²) in [5.41, 5.74) is 2.13. The second-order valence-corrected chi connectivity index (χ2v) is 4.38. The number of aliphatic hydroxyl groups excluding tert-OH is 1. The predicted molar refractivity (Wildman–Crippen MR) is 66.4 cm³/mol. The summed E-state index contributed by atoms with van der Waals surface area (Å²) in [7, 11) is 0. The van der Waals surface area contributed by atoms with E-state index in [1.165, 1.54) is 5.56 Å². The van der Waals surface area contributed by atoms with Gasteiger partial charge in [0.05, 0.1) is 6.10 Å².